The smallest absolute Gasteiger partial charge is 0.190 e. The lowest BCUT2D eigenvalue weighted by Gasteiger charge is -2.11. The molecule has 0 unspecified atom stereocenters. The first kappa shape index (κ1) is 20.6. The van der Waals surface area contributed by atoms with Gasteiger partial charge in [0.25, 0.3) is 0 Å². The Morgan fingerprint density at radius 3 is 2.46 bits per heavy atom. The number of benzene rings is 2. The van der Waals surface area contributed by atoms with Crippen LogP contribution in [0.15, 0.2) is 59.6 Å². The van der Waals surface area contributed by atoms with Crippen LogP contribution in [-0.2, 0) is 12.8 Å². The first-order valence-electron chi connectivity index (χ1n) is 8.68. The number of hydrogen-bond donors (Lipinski definition) is 2. The van der Waals surface area contributed by atoms with Crippen molar-refractivity contribution in [2.24, 2.45) is 4.99 Å². The van der Waals surface area contributed by atoms with Gasteiger partial charge in [-0.2, -0.15) is 0 Å². The van der Waals surface area contributed by atoms with E-state index in [9.17, 15) is 0 Å². The van der Waals surface area contributed by atoms with Crippen LogP contribution in [0, 0.1) is 0 Å². The van der Waals surface area contributed by atoms with Crippen LogP contribution in [-0.4, -0.2) is 31.1 Å². The summed E-state index contributed by atoms with van der Waals surface area (Å²) < 4.78 is 1.27. The van der Waals surface area contributed by atoms with E-state index >= 15 is 0 Å². The van der Waals surface area contributed by atoms with Gasteiger partial charge in [0.2, 0.25) is 0 Å². The van der Waals surface area contributed by atoms with Gasteiger partial charge in [0.1, 0.15) is 0 Å². The molecule has 2 N–H and O–H groups in total. The second-order valence-corrected chi connectivity index (χ2v) is 6.96. The van der Waals surface area contributed by atoms with E-state index < -0.39 is 0 Å². The number of hydrogen-bond acceptors (Lipinski definition) is 3. The maximum absolute atomic E-state index is 4.68. The highest BCUT2D eigenvalue weighted by Crippen LogP contribution is 2.22. The molecule has 3 rings (SSSR count). The van der Waals surface area contributed by atoms with Gasteiger partial charge in [0.05, 0.1) is 15.2 Å². The molecule has 0 saturated heterocycles. The van der Waals surface area contributed by atoms with Gasteiger partial charge in [-0.15, -0.1) is 35.3 Å². The van der Waals surface area contributed by atoms with Crippen LogP contribution in [0.5, 0.6) is 0 Å². The van der Waals surface area contributed by atoms with Crippen LogP contribution in [0.25, 0.3) is 10.2 Å². The van der Waals surface area contributed by atoms with Crippen molar-refractivity contribution < 1.29 is 0 Å². The van der Waals surface area contributed by atoms with Gasteiger partial charge >= 0.3 is 0 Å². The third kappa shape index (κ3) is 6.25. The summed E-state index contributed by atoms with van der Waals surface area (Å²) in [7, 11) is 1.81. The van der Waals surface area contributed by atoms with Crippen LogP contribution in [0.3, 0.4) is 0 Å². The molecule has 1 heterocycles. The fraction of sp³-hybridized carbons (Fsp3) is 0.300. The molecular weight excluding hydrogens is 455 g/mol. The molecule has 0 bridgehead atoms. The minimum Gasteiger partial charge on any atom is -0.356 e. The molecule has 3 aromatic rings. The van der Waals surface area contributed by atoms with Crippen LogP contribution in [0.1, 0.15) is 17.0 Å². The quantitative estimate of drug-likeness (QED) is 0.230. The van der Waals surface area contributed by atoms with Gasteiger partial charge < -0.3 is 10.6 Å². The number of para-hydroxylation sites is 1. The average molecular weight is 480 g/mol. The number of nitrogens with zero attached hydrogens (tertiary/aromatic N) is 2. The average Bonchev–Trinajstić information content (AvgIpc) is 3.07. The van der Waals surface area contributed by atoms with Crippen molar-refractivity contribution in [3.63, 3.8) is 0 Å². The van der Waals surface area contributed by atoms with Crippen molar-refractivity contribution in [3.05, 3.63) is 65.2 Å². The minimum atomic E-state index is 0. The van der Waals surface area contributed by atoms with E-state index in [0.717, 1.165) is 43.8 Å². The predicted molar refractivity (Wildman–Crippen MR) is 123 cm³/mol. The number of aromatic nitrogens is 1. The molecule has 0 aliphatic carbocycles. The zero-order valence-corrected chi connectivity index (χ0v) is 18.1. The van der Waals surface area contributed by atoms with E-state index in [2.05, 4.69) is 63.1 Å². The molecule has 0 atom stereocenters. The molecule has 2 aromatic carbocycles. The zero-order chi connectivity index (χ0) is 17.3. The highest BCUT2D eigenvalue weighted by Gasteiger charge is 2.03. The van der Waals surface area contributed by atoms with Crippen LogP contribution >= 0.6 is 35.3 Å². The van der Waals surface area contributed by atoms with Crippen LogP contribution < -0.4 is 10.6 Å². The van der Waals surface area contributed by atoms with Gasteiger partial charge in [-0.05, 0) is 30.5 Å². The normalized spacial score (nSPS) is 11.2. The first-order valence-corrected chi connectivity index (χ1v) is 9.50. The fourth-order valence-electron chi connectivity index (χ4n) is 2.66. The molecular formula is C20H25IN4S. The SMILES string of the molecule is CN=C(NCCCc1nc2ccccc2s1)NCCc1ccccc1.I. The summed E-state index contributed by atoms with van der Waals surface area (Å²) in [6, 6.07) is 18.8. The van der Waals surface area contributed by atoms with Gasteiger partial charge in [0, 0.05) is 26.6 Å². The van der Waals surface area contributed by atoms with Gasteiger partial charge in [0.15, 0.2) is 5.96 Å². The number of thiazole rings is 1. The van der Waals surface area contributed by atoms with Crippen molar-refractivity contribution in [3.8, 4) is 0 Å². The molecule has 1 aromatic heterocycles. The molecule has 0 spiro atoms. The molecule has 0 saturated carbocycles. The maximum atomic E-state index is 4.68. The van der Waals surface area contributed by atoms with E-state index in [4.69, 9.17) is 0 Å². The number of rotatable bonds is 7. The molecule has 0 aliphatic heterocycles. The highest BCUT2D eigenvalue weighted by molar-refractivity contribution is 14.0. The third-order valence-electron chi connectivity index (χ3n) is 3.97. The Kier molecular flexibility index (Phi) is 8.84. The van der Waals surface area contributed by atoms with E-state index in [1.54, 1.807) is 11.3 Å². The number of fused-ring (bicyclic) bond motifs is 1. The lowest BCUT2D eigenvalue weighted by atomic mass is 10.1. The lowest BCUT2D eigenvalue weighted by Crippen LogP contribution is -2.38. The summed E-state index contributed by atoms with van der Waals surface area (Å²) in [5, 5.41) is 7.94. The summed E-state index contributed by atoms with van der Waals surface area (Å²) in [6.07, 6.45) is 3.03. The summed E-state index contributed by atoms with van der Waals surface area (Å²) in [5.74, 6) is 0.861. The fourth-order valence-corrected chi connectivity index (χ4v) is 3.67. The molecule has 4 nitrogen and oxygen atoms in total. The van der Waals surface area contributed by atoms with E-state index in [0.29, 0.717) is 0 Å². The van der Waals surface area contributed by atoms with Crippen molar-refractivity contribution in [2.45, 2.75) is 19.3 Å². The van der Waals surface area contributed by atoms with E-state index in [1.165, 1.54) is 15.3 Å². The molecule has 138 valence electrons. The Morgan fingerprint density at radius 2 is 1.69 bits per heavy atom. The first-order chi connectivity index (χ1) is 12.3. The molecule has 0 aliphatic rings. The van der Waals surface area contributed by atoms with Crippen molar-refractivity contribution in [1.82, 2.24) is 15.6 Å². The zero-order valence-electron chi connectivity index (χ0n) is 14.9. The van der Waals surface area contributed by atoms with Crippen molar-refractivity contribution in [1.29, 1.82) is 0 Å². The third-order valence-corrected chi connectivity index (χ3v) is 5.07. The van der Waals surface area contributed by atoms with Gasteiger partial charge in [-0.3, -0.25) is 4.99 Å². The minimum absolute atomic E-state index is 0. The number of nitrogens with one attached hydrogen (secondary N) is 2. The van der Waals surface area contributed by atoms with Crippen molar-refractivity contribution in [2.75, 3.05) is 20.1 Å². The molecule has 26 heavy (non-hydrogen) atoms. The van der Waals surface area contributed by atoms with Gasteiger partial charge in [-0.1, -0.05) is 42.5 Å². The Balaban J connectivity index is 0.00000243. The maximum Gasteiger partial charge on any atom is 0.190 e. The summed E-state index contributed by atoms with van der Waals surface area (Å²) in [5.41, 5.74) is 2.44. The van der Waals surface area contributed by atoms with Gasteiger partial charge in [-0.25, -0.2) is 4.98 Å². The summed E-state index contributed by atoms with van der Waals surface area (Å²) in [6.45, 7) is 1.77. The monoisotopic (exact) mass is 480 g/mol. The Labute approximate surface area is 176 Å². The predicted octanol–water partition coefficient (Wildman–Crippen LogP) is 4.25. The Morgan fingerprint density at radius 1 is 0.962 bits per heavy atom. The van der Waals surface area contributed by atoms with E-state index in [-0.39, 0.29) is 24.0 Å². The lowest BCUT2D eigenvalue weighted by molar-refractivity contribution is 0.737. The number of guanidine groups is 1. The number of aliphatic imine (C=N–C) groups is 1. The Bertz CT molecular complexity index is 784. The van der Waals surface area contributed by atoms with E-state index in [1.807, 2.05) is 19.2 Å². The highest BCUT2D eigenvalue weighted by atomic mass is 127. The topological polar surface area (TPSA) is 49.3 Å². The largest absolute Gasteiger partial charge is 0.356 e. The summed E-state index contributed by atoms with van der Waals surface area (Å²) in [4.78, 5) is 8.96. The van der Waals surface area contributed by atoms with Crippen LogP contribution in [0.4, 0.5) is 0 Å². The summed E-state index contributed by atoms with van der Waals surface area (Å²) >= 11 is 1.79. The standard InChI is InChI=1S/C20H24N4S.HI/c1-21-20(23-15-13-16-8-3-2-4-9-16)22-14-7-12-19-24-17-10-5-6-11-18(17)25-19;/h2-6,8-11H,7,12-15H2,1H3,(H2,21,22,23);1H. The number of aryl methyl sites for hydroxylation is 1. The number of halogens is 1. The van der Waals surface area contributed by atoms with Crippen LogP contribution in [0.2, 0.25) is 0 Å². The Hall–Kier alpha value is -1.67. The second kappa shape index (κ2) is 11.1. The van der Waals surface area contributed by atoms with Crippen molar-refractivity contribution >= 4 is 51.5 Å². The molecule has 0 fully saturated rings. The molecule has 6 heteroatoms. The molecule has 0 amide bonds. The second-order valence-electron chi connectivity index (χ2n) is 5.84. The molecule has 0 radical (unpaired) electrons.